The van der Waals surface area contributed by atoms with Gasteiger partial charge in [0.1, 0.15) is 0 Å². The topological polar surface area (TPSA) is 22.1 Å². The molecule has 100 valence electrons. The van der Waals surface area contributed by atoms with Gasteiger partial charge < -0.3 is 4.74 Å². The van der Waals surface area contributed by atoms with Crippen LogP contribution in [0.1, 0.15) is 25.1 Å². The van der Waals surface area contributed by atoms with Crippen molar-refractivity contribution in [1.82, 2.24) is 4.98 Å². The van der Waals surface area contributed by atoms with Crippen LogP contribution in [0.5, 0.6) is 5.88 Å². The summed E-state index contributed by atoms with van der Waals surface area (Å²) in [5.41, 5.74) is 4.93. The summed E-state index contributed by atoms with van der Waals surface area (Å²) < 4.78 is 5.23. The minimum absolute atomic E-state index is 0.601. The quantitative estimate of drug-likeness (QED) is 0.751. The SMILES string of the molecule is C=C(C)[C@@H]1[C@@H](C)[C@@H]2C(=C)c3ccc(OC)nc3C[C@H]12. The molecule has 0 radical (unpaired) electrons. The van der Waals surface area contributed by atoms with Crippen molar-refractivity contribution in [3.63, 3.8) is 0 Å². The highest BCUT2D eigenvalue weighted by atomic mass is 16.5. The van der Waals surface area contributed by atoms with Gasteiger partial charge in [0.25, 0.3) is 0 Å². The van der Waals surface area contributed by atoms with Crippen LogP contribution >= 0.6 is 0 Å². The van der Waals surface area contributed by atoms with Gasteiger partial charge >= 0.3 is 0 Å². The first-order valence-electron chi connectivity index (χ1n) is 6.93. The Morgan fingerprint density at radius 1 is 1.42 bits per heavy atom. The highest BCUT2D eigenvalue weighted by Crippen LogP contribution is 2.58. The lowest BCUT2D eigenvalue weighted by atomic mass is 9.49. The van der Waals surface area contributed by atoms with E-state index in [1.165, 1.54) is 16.7 Å². The van der Waals surface area contributed by atoms with Gasteiger partial charge in [-0.3, -0.25) is 0 Å². The lowest BCUT2D eigenvalue weighted by molar-refractivity contribution is 0.0531. The van der Waals surface area contributed by atoms with Crippen molar-refractivity contribution in [2.45, 2.75) is 20.3 Å². The molecule has 1 aromatic heterocycles. The van der Waals surface area contributed by atoms with Gasteiger partial charge in [-0.2, -0.15) is 0 Å². The number of allylic oxidation sites excluding steroid dienone is 2. The van der Waals surface area contributed by atoms with Crippen LogP contribution in [0, 0.1) is 23.7 Å². The molecule has 3 rings (SSSR count). The van der Waals surface area contributed by atoms with E-state index >= 15 is 0 Å². The van der Waals surface area contributed by atoms with E-state index in [1.807, 2.05) is 6.07 Å². The number of hydrogen-bond acceptors (Lipinski definition) is 2. The third kappa shape index (κ3) is 1.66. The third-order valence-electron chi connectivity index (χ3n) is 4.96. The van der Waals surface area contributed by atoms with Gasteiger partial charge in [0.15, 0.2) is 0 Å². The monoisotopic (exact) mass is 255 g/mol. The molecule has 0 unspecified atom stereocenters. The standard InChI is InChI=1S/C17H21NO/c1-9(2)16-11(4)17-10(3)12-6-7-15(19-5)18-14(12)8-13(16)17/h6-7,11,13,16-17H,1,3,8H2,2,4-5H3/t11-,13-,16-,17+/m1/s1. The largest absolute Gasteiger partial charge is 0.481 e. The molecule has 0 amide bonds. The Kier molecular flexibility index (Phi) is 2.77. The number of nitrogens with zero attached hydrogens (tertiary/aromatic N) is 1. The maximum Gasteiger partial charge on any atom is 0.213 e. The van der Waals surface area contributed by atoms with Crippen LogP contribution in [0.4, 0.5) is 0 Å². The molecule has 1 heterocycles. The molecule has 0 N–H and O–H groups in total. The van der Waals surface area contributed by atoms with Crippen molar-refractivity contribution in [2.24, 2.45) is 23.7 Å². The Bertz CT molecular complexity index is 560. The Morgan fingerprint density at radius 2 is 2.16 bits per heavy atom. The lowest BCUT2D eigenvalue weighted by Gasteiger charge is -2.55. The molecule has 2 heteroatoms. The van der Waals surface area contributed by atoms with Gasteiger partial charge in [-0.25, -0.2) is 4.98 Å². The zero-order valence-electron chi connectivity index (χ0n) is 11.9. The van der Waals surface area contributed by atoms with E-state index in [1.54, 1.807) is 7.11 Å². The molecule has 2 aliphatic carbocycles. The molecule has 0 aromatic carbocycles. The molecule has 0 bridgehead atoms. The van der Waals surface area contributed by atoms with Crippen molar-refractivity contribution in [2.75, 3.05) is 7.11 Å². The molecule has 0 spiro atoms. The van der Waals surface area contributed by atoms with Crippen LogP contribution in [0.2, 0.25) is 0 Å². The van der Waals surface area contributed by atoms with Crippen LogP contribution in [0.3, 0.4) is 0 Å². The molecule has 4 atom stereocenters. The predicted octanol–water partition coefficient (Wildman–Crippen LogP) is 3.73. The van der Waals surface area contributed by atoms with Gasteiger partial charge in [-0.15, -0.1) is 0 Å². The number of fused-ring (bicyclic) bond motifs is 2. The molecule has 0 aliphatic heterocycles. The van der Waals surface area contributed by atoms with Crippen LogP contribution in [0.15, 0.2) is 30.9 Å². The smallest absolute Gasteiger partial charge is 0.213 e. The molecular weight excluding hydrogens is 234 g/mol. The minimum Gasteiger partial charge on any atom is -0.481 e. The summed E-state index contributed by atoms with van der Waals surface area (Å²) in [6, 6.07) is 4.05. The van der Waals surface area contributed by atoms with Gasteiger partial charge in [0, 0.05) is 6.07 Å². The number of aromatic nitrogens is 1. The summed E-state index contributed by atoms with van der Waals surface area (Å²) in [5, 5.41) is 0. The first-order valence-corrected chi connectivity index (χ1v) is 6.93. The van der Waals surface area contributed by atoms with Crippen LogP contribution in [-0.2, 0) is 6.42 Å². The zero-order chi connectivity index (χ0) is 13.7. The van der Waals surface area contributed by atoms with Gasteiger partial charge in [-0.05, 0) is 54.2 Å². The molecule has 2 aliphatic rings. The van der Waals surface area contributed by atoms with Gasteiger partial charge in [0.2, 0.25) is 5.88 Å². The Balaban J connectivity index is 1.99. The number of methoxy groups -OCH3 is 1. The van der Waals surface area contributed by atoms with Crippen molar-refractivity contribution >= 4 is 5.57 Å². The average Bonchev–Trinajstić information content (AvgIpc) is 2.36. The summed E-state index contributed by atoms with van der Waals surface area (Å²) in [6.45, 7) is 13.0. The van der Waals surface area contributed by atoms with Gasteiger partial charge in [0.05, 0.1) is 12.8 Å². The van der Waals surface area contributed by atoms with E-state index in [0.717, 1.165) is 12.1 Å². The van der Waals surface area contributed by atoms with Crippen LogP contribution < -0.4 is 4.74 Å². The fraction of sp³-hybridized carbons (Fsp3) is 0.471. The highest BCUT2D eigenvalue weighted by molar-refractivity contribution is 5.71. The van der Waals surface area contributed by atoms with Crippen molar-refractivity contribution < 1.29 is 4.74 Å². The lowest BCUT2D eigenvalue weighted by Crippen LogP contribution is -2.49. The average molecular weight is 255 g/mol. The number of hydrogen-bond donors (Lipinski definition) is 0. The third-order valence-corrected chi connectivity index (χ3v) is 4.96. The summed E-state index contributed by atoms with van der Waals surface area (Å²) in [4.78, 5) is 4.61. The van der Waals surface area contributed by atoms with E-state index in [2.05, 4.69) is 38.1 Å². The van der Waals surface area contributed by atoms with E-state index in [9.17, 15) is 0 Å². The zero-order valence-corrected chi connectivity index (χ0v) is 11.9. The molecule has 1 saturated carbocycles. The summed E-state index contributed by atoms with van der Waals surface area (Å²) >= 11 is 0. The first kappa shape index (κ1) is 12.5. The van der Waals surface area contributed by atoms with E-state index < -0.39 is 0 Å². The summed E-state index contributed by atoms with van der Waals surface area (Å²) in [6.07, 6.45) is 1.03. The minimum atomic E-state index is 0.601. The fourth-order valence-corrected chi connectivity index (χ4v) is 4.17. The van der Waals surface area contributed by atoms with Crippen LogP contribution in [-0.4, -0.2) is 12.1 Å². The molecule has 0 saturated heterocycles. The summed E-state index contributed by atoms with van der Waals surface area (Å²) in [7, 11) is 1.66. The first-order chi connectivity index (χ1) is 9.04. The number of ether oxygens (including phenoxy) is 1. The molecule has 2 nitrogen and oxygen atoms in total. The predicted molar refractivity (Wildman–Crippen MR) is 78.0 cm³/mol. The van der Waals surface area contributed by atoms with Crippen molar-refractivity contribution in [1.29, 1.82) is 0 Å². The Labute approximate surface area is 115 Å². The van der Waals surface area contributed by atoms with Crippen LogP contribution in [0.25, 0.3) is 5.57 Å². The molecule has 19 heavy (non-hydrogen) atoms. The maximum atomic E-state index is 5.23. The fourth-order valence-electron chi connectivity index (χ4n) is 4.17. The number of pyridine rings is 1. The molecule has 1 aromatic rings. The summed E-state index contributed by atoms with van der Waals surface area (Å²) in [5.74, 6) is 3.20. The van der Waals surface area contributed by atoms with Crippen molar-refractivity contribution in [3.05, 3.63) is 42.1 Å². The van der Waals surface area contributed by atoms with E-state index in [-0.39, 0.29) is 0 Å². The normalized spacial score (nSPS) is 32.1. The Hall–Kier alpha value is -1.57. The molecule has 1 fully saturated rings. The highest BCUT2D eigenvalue weighted by Gasteiger charge is 2.51. The second-order valence-electron chi connectivity index (χ2n) is 6.00. The second kappa shape index (κ2) is 4.22. The number of rotatable bonds is 2. The molecular formula is C17H21NO. The second-order valence-corrected chi connectivity index (χ2v) is 6.00. The van der Waals surface area contributed by atoms with E-state index in [0.29, 0.717) is 29.6 Å². The Morgan fingerprint density at radius 3 is 2.79 bits per heavy atom. The van der Waals surface area contributed by atoms with E-state index in [4.69, 9.17) is 4.74 Å². The van der Waals surface area contributed by atoms with Gasteiger partial charge in [-0.1, -0.05) is 25.7 Å². The maximum absolute atomic E-state index is 5.23. The van der Waals surface area contributed by atoms with Crippen molar-refractivity contribution in [3.8, 4) is 5.88 Å².